The van der Waals surface area contributed by atoms with Gasteiger partial charge in [-0.2, -0.15) is 85.6 Å². The van der Waals surface area contributed by atoms with Crippen LogP contribution in [0.1, 0.15) is 11.1 Å². The maximum atomic E-state index is 3.72. The van der Waals surface area contributed by atoms with Crippen LogP contribution in [0.3, 0.4) is 0 Å². The molecule has 124 valence electrons. The van der Waals surface area contributed by atoms with E-state index in [1.54, 1.807) is 0 Å². The molecular formula is C24H24Hf. The van der Waals surface area contributed by atoms with Gasteiger partial charge in [0.15, 0.2) is 0 Å². The second kappa shape index (κ2) is 16.6. The van der Waals surface area contributed by atoms with Gasteiger partial charge in [-0.3, -0.25) is 0 Å². The van der Waals surface area contributed by atoms with Gasteiger partial charge in [0.05, 0.1) is 0 Å². The van der Waals surface area contributed by atoms with E-state index in [9.17, 15) is 0 Å². The first-order valence-electron chi connectivity index (χ1n) is 7.86. The van der Waals surface area contributed by atoms with Gasteiger partial charge in [-0.1, -0.05) is 12.1 Å². The van der Waals surface area contributed by atoms with Crippen molar-refractivity contribution in [3.8, 4) is 0 Å². The van der Waals surface area contributed by atoms with Crippen LogP contribution in [0, 0.1) is 13.8 Å². The Morgan fingerprint density at radius 2 is 0.720 bits per heavy atom. The van der Waals surface area contributed by atoms with Crippen LogP contribution in [0.15, 0.2) is 121 Å². The summed E-state index contributed by atoms with van der Waals surface area (Å²) >= 11 is 0. The third-order valence-electron chi connectivity index (χ3n) is 2.80. The molecule has 0 radical (unpaired) electrons. The molecule has 0 aliphatic heterocycles. The minimum Gasteiger partial charge on any atom is -0.214 e. The van der Waals surface area contributed by atoms with Gasteiger partial charge >= 0.3 is 25.8 Å². The van der Waals surface area contributed by atoms with Gasteiger partial charge in [-0.05, 0) is 0 Å². The Labute approximate surface area is 171 Å². The van der Waals surface area contributed by atoms with E-state index in [1.807, 2.05) is 121 Å². The van der Waals surface area contributed by atoms with Crippen molar-refractivity contribution >= 4 is 0 Å². The normalized spacial score (nSPS) is 8.00. The molecule has 0 fully saturated rings. The fourth-order valence-corrected chi connectivity index (χ4v) is 1.60. The summed E-state index contributed by atoms with van der Waals surface area (Å²) < 4.78 is 0. The minimum absolute atomic E-state index is 0. The van der Waals surface area contributed by atoms with Crippen LogP contribution < -0.4 is 0 Å². The average Bonchev–Trinajstić information content (AvgIpc) is 3.36. The van der Waals surface area contributed by atoms with E-state index in [-0.39, 0.29) is 25.8 Å². The predicted molar refractivity (Wildman–Crippen MR) is 106 cm³/mol. The molecule has 4 aromatic carbocycles. The first-order valence-corrected chi connectivity index (χ1v) is 7.86. The third kappa shape index (κ3) is 15.0. The topological polar surface area (TPSA) is 0 Å². The molecule has 0 atom stereocenters. The Balaban J connectivity index is 0.000000307. The Bertz CT molecular complexity index is 567. The number of hydrogen-bond donors (Lipinski definition) is 0. The molecule has 0 heterocycles. The van der Waals surface area contributed by atoms with E-state index >= 15 is 0 Å². The Hall–Kier alpha value is -2.25. The van der Waals surface area contributed by atoms with Gasteiger partial charge in [-0.25, -0.2) is 24.3 Å². The fraction of sp³-hybridized carbons (Fsp3) is 0. The second-order valence-corrected chi connectivity index (χ2v) is 4.90. The van der Waals surface area contributed by atoms with Gasteiger partial charge in [0.2, 0.25) is 0 Å². The van der Waals surface area contributed by atoms with E-state index < -0.39 is 0 Å². The molecule has 0 unspecified atom stereocenters. The van der Waals surface area contributed by atoms with E-state index in [1.165, 1.54) is 0 Å². The SMILES string of the molecule is [CH2-]c1ccccc1.[CH2-]c1ccccc1.[Hf+4].c1cc[cH-]c1.c1cc[cH-]c1. The molecule has 4 aromatic rings. The Kier molecular flexibility index (Phi) is 15.1. The molecule has 0 aromatic heterocycles. The van der Waals surface area contributed by atoms with Crippen LogP contribution in [0.25, 0.3) is 0 Å². The van der Waals surface area contributed by atoms with Crippen molar-refractivity contribution in [1.29, 1.82) is 0 Å². The first kappa shape index (κ1) is 22.8. The van der Waals surface area contributed by atoms with Crippen molar-refractivity contribution in [3.63, 3.8) is 0 Å². The summed E-state index contributed by atoms with van der Waals surface area (Å²) in [6.45, 7) is 7.44. The van der Waals surface area contributed by atoms with Crippen LogP contribution in [0.2, 0.25) is 0 Å². The third-order valence-corrected chi connectivity index (χ3v) is 2.80. The molecule has 0 N–H and O–H groups in total. The molecule has 1 heteroatoms. The zero-order chi connectivity index (χ0) is 17.3. The molecule has 0 bridgehead atoms. The number of rotatable bonds is 0. The summed E-state index contributed by atoms with van der Waals surface area (Å²) in [5.74, 6) is 0. The largest absolute Gasteiger partial charge is 4.00 e. The zero-order valence-electron chi connectivity index (χ0n) is 14.5. The van der Waals surface area contributed by atoms with Gasteiger partial charge < -0.3 is 0 Å². The number of hydrogen-bond acceptors (Lipinski definition) is 0. The molecule has 0 nitrogen and oxygen atoms in total. The maximum absolute atomic E-state index is 3.72. The molecule has 0 saturated heterocycles. The predicted octanol–water partition coefficient (Wildman–Crippen LogP) is 6.55. The van der Waals surface area contributed by atoms with Crippen LogP contribution in [0.5, 0.6) is 0 Å². The van der Waals surface area contributed by atoms with Crippen molar-refractivity contribution in [2.24, 2.45) is 0 Å². The first-order chi connectivity index (χ1) is 11.8. The van der Waals surface area contributed by atoms with E-state index in [4.69, 9.17) is 0 Å². The summed E-state index contributed by atoms with van der Waals surface area (Å²) in [5.41, 5.74) is 2.14. The molecule has 0 spiro atoms. The second-order valence-electron chi connectivity index (χ2n) is 4.90. The summed E-state index contributed by atoms with van der Waals surface area (Å²) in [5, 5.41) is 0. The molecule has 0 aliphatic rings. The molecular weight excluding hydrogens is 467 g/mol. The van der Waals surface area contributed by atoms with Crippen LogP contribution in [-0.2, 0) is 25.8 Å². The summed E-state index contributed by atoms with van der Waals surface area (Å²) in [7, 11) is 0. The van der Waals surface area contributed by atoms with Gasteiger partial charge in [0, 0.05) is 0 Å². The van der Waals surface area contributed by atoms with E-state index in [0.29, 0.717) is 0 Å². The van der Waals surface area contributed by atoms with Crippen molar-refractivity contribution < 1.29 is 25.8 Å². The van der Waals surface area contributed by atoms with Crippen molar-refractivity contribution in [3.05, 3.63) is 146 Å². The van der Waals surface area contributed by atoms with Crippen molar-refractivity contribution in [2.45, 2.75) is 0 Å². The quantitative estimate of drug-likeness (QED) is 0.194. The number of benzene rings is 2. The smallest absolute Gasteiger partial charge is 0.214 e. The van der Waals surface area contributed by atoms with Crippen molar-refractivity contribution in [2.75, 3.05) is 0 Å². The fourth-order valence-electron chi connectivity index (χ4n) is 1.60. The Morgan fingerprint density at radius 3 is 0.840 bits per heavy atom. The van der Waals surface area contributed by atoms with Gasteiger partial charge in [0.1, 0.15) is 0 Å². The summed E-state index contributed by atoms with van der Waals surface area (Å²) in [6.07, 6.45) is 0. The summed E-state index contributed by atoms with van der Waals surface area (Å²) in [4.78, 5) is 0. The average molecular weight is 491 g/mol. The zero-order valence-corrected chi connectivity index (χ0v) is 18.1. The summed E-state index contributed by atoms with van der Waals surface area (Å²) in [6, 6.07) is 39.7. The van der Waals surface area contributed by atoms with Gasteiger partial charge in [-0.15, -0.1) is 24.3 Å². The van der Waals surface area contributed by atoms with Gasteiger partial charge in [0.25, 0.3) is 0 Å². The van der Waals surface area contributed by atoms with E-state index in [0.717, 1.165) is 11.1 Å². The molecule has 0 saturated carbocycles. The Morgan fingerprint density at radius 1 is 0.440 bits per heavy atom. The minimum atomic E-state index is 0. The molecule has 4 rings (SSSR count). The van der Waals surface area contributed by atoms with Crippen LogP contribution in [0.4, 0.5) is 0 Å². The van der Waals surface area contributed by atoms with E-state index in [2.05, 4.69) is 13.8 Å². The molecule has 25 heavy (non-hydrogen) atoms. The maximum Gasteiger partial charge on any atom is 4.00 e. The molecule has 0 aliphatic carbocycles. The monoisotopic (exact) mass is 492 g/mol. The standard InChI is InChI=1S/2C7H7.2C5H5.Hf/c2*1-7-5-3-2-4-6-7;2*1-2-4-5-3-1;/h2*2-6H,1H2;2*1-5H;/q4*-1;+4. The van der Waals surface area contributed by atoms with Crippen LogP contribution in [-0.4, -0.2) is 0 Å². The van der Waals surface area contributed by atoms with Crippen LogP contribution >= 0.6 is 0 Å². The molecule has 0 amide bonds. The van der Waals surface area contributed by atoms with Crippen molar-refractivity contribution in [1.82, 2.24) is 0 Å².